The SMILES string of the molecule is CCOC(=O)c1ccc(Nc2cc(C(=O)NCCc3ccccc3)ncn2)cc1. The van der Waals surface area contributed by atoms with E-state index < -0.39 is 0 Å². The van der Waals surface area contributed by atoms with Crippen LogP contribution in [0.3, 0.4) is 0 Å². The number of ether oxygens (including phenoxy) is 1. The predicted octanol–water partition coefficient (Wildman–Crippen LogP) is 3.37. The summed E-state index contributed by atoms with van der Waals surface area (Å²) in [6, 6.07) is 18.3. The monoisotopic (exact) mass is 390 g/mol. The van der Waals surface area contributed by atoms with Gasteiger partial charge in [-0.25, -0.2) is 14.8 Å². The number of rotatable bonds is 8. The zero-order valence-corrected chi connectivity index (χ0v) is 16.1. The van der Waals surface area contributed by atoms with Crippen LogP contribution in [0.1, 0.15) is 33.3 Å². The summed E-state index contributed by atoms with van der Waals surface area (Å²) in [5.74, 6) is -0.142. The third-order valence-electron chi connectivity index (χ3n) is 4.11. The highest BCUT2D eigenvalue weighted by molar-refractivity contribution is 5.93. The second-order valence-electron chi connectivity index (χ2n) is 6.20. The van der Waals surface area contributed by atoms with E-state index in [9.17, 15) is 9.59 Å². The number of esters is 1. The standard InChI is InChI=1S/C22H22N4O3/c1-2-29-22(28)17-8-10-18(11-9-17)26-20-14-19(24-15-25-20)21(27)23-13-12-16-6-4-3-5-7-16/h3-11,14-15H,2,12-13H2,1H3,(H,23,27)(H,24,25,26). The molecule has 7 nitrogen and oxygen atoms in total. The number of hydrogen-bond donors (Lipinski definition) is 2. The van der Waals surface area contributed by atoms with Gasteiger partial charge in [-0.3, -0.25) is 4.79 Å². The molecule has 0 aliphatic heterocycles. The first-order valence-electron chi connectivity index (χ1n) is 9.34. The minimum Gasteiger partial charge on any atom is -0.462 e. The lowest BCUT2D eigenvalue weighted by molar-refractivity contribution is 0.0526. The molecule has 0 aliphatic carbocycles. The highest BCUT2D eigenvalue weighted by Crippen LogP contribution is 2.16. The number of nitrogens with zero attached hydrogens (tertiary/aromatic N) is 2. The fourth-order valence-electron chi connectivity index (χ4n) is 2.66. The molecule has 0 aliphatic rings. The first-order valence-corrected chi connectivity index (χ1v) is 9.34. The third kappa shape index (κ3) is 5.87. The van der Waals surface area contributed by atoms with Crippen LogP contribution in [0.15, 0.2) is 67.0 Å². The van der Waals surface area contributed by atoms with Crippen molar-refractivity contribution in [2.45, 2.75) is 13.3 Å². The molecular weight excluding hydrogens is 368 g/mol. The van der Waals surface area contributed by atoms with Crippen molar-refractivity contribution in [3.05, 3.63) is 83.8 Å². The van der Waals surface area contributed by atoms with Gasteiger partial charge < -0.3 is 15.4 Å². The quantitative estimate of drug-likeness (QED) is 0.573. The average molecular weight is 390 g/mol. The Morgan fingerprint density at radius 1 is 1.00 bits per heavy atom. The maximum atomic E-state index is 12.3. The number of carbonyl (C=O) groups is 2. The maximum Gasteiger partial charge on any atom is 0.338 e. The van der Waals surface area contributed by atoms with Crippen LogP contribution in [-0.4, -0.2) is 35.0 Å². The second-order valence-corrected chi connectivity index (χ2v) is 6.20. The van der Waals surface area contributed by atoms with E-state index in [2.05, 4.69) is 20.6 Å². The topological polar surface area (TPSA) is 93.2 Å². The van der Waals surface area contributed by atoms with Gasteiger partial charge in [0.05, 0.1) is 12.2 Å². The molecule has 29 heavy (non-hydrogen) atoms. The van der Waals surface area contributed by atoms with Crippen molar-refractivity contribution >= 4 is 23.4 Å². The number of nitrogens with one attached hydrogen (secondary N) is 2. The van der Waals surface area contributed by atoms with Gasteiger partial charge in [-0.15, -0.1) is 0 Å². The molecule has 2 N–H and O–H groups in total. The van der Waals surface area contributed by atoms with Crippen molar-refractivity contribution in [2.75, 3.05) is 18.5 Å². The molecule has 1 amide bonds. The maximum absolute atomic E-state index is 12.3. The molecule has 0 saturated carbocycles. The molecule has 1 aromatic heterocycles. The van der Waals surface area contributed by atoms with E-state index >= 15 is 0 Å². The summed E-state index contributed by atoms with van der Waals surface area (Å²) in [4.78, 5) is 32.2. The Hall–Kier alpha value is -3.74. The number of amides is 1. The molecule has 0 spiro atoms. The van der Waals surface area contributed by atoms with Gasteiger partial charge in [0.15, 0.2) is 0 Å². The van der Waals surface area contributed by atoms with Gasteiger partial charge in [0.25, 0.3) is 5.91 Å². The molecule has 0 atom stereocenters. The van der Waals surface area contributed by atoms with Crippen molar-refractivity contribution in [3.63, 3.8) is 0 Å². The van der Waals surface area contributed by atoms with Crippen LogP contribution in [0.5, 0.6) is 0 Å². The van der Waals surface area contributed by atoms with Crippen LogP contribution in [-0.2, 0) is 11.2 Å². The summed E-state index contributed by atoms with van der Waals surface area (Å²) in [5.41, 5.74) is 2.63. The molecule has 0 unspecified atom stereocenters. The summed E-state index contributed by atoms with van der Waals surface area (Å²) < 4.78 is 4.96. The smallest absolute Gasteiger partial charge is 0.338 e. The lowest BCUT2D eigenvalue weighted by atomic mass is 10.1. The van der Waals surface area contributed by atoms with Crippen LogP contribution in [0.2, 0.25) is 0 Å². The fourth-order valence-corrected chi connectivity index (χ4v) is 2.66. The lowest BCUT2D eigenvalue weighted by Crippen LogP contribution is -2.26. The van der Waals surface area contributed by atoms with Crippen LogP contribution >= 0.6 is 0 Å². The van der Waals surface area contributed by atoms with Gasteiger partial charge in [-0.1, -0.05) is 30.3 Å². The third-order valence-corrected chi connectivity index (χ3v) is 4.11. The van der Waals surface area contributed by atoms with Crippen molar-refractivity contribution in [1.82, 2.24) is 15.3 Å². The Balaban J connectivity index is 1.57. The number of hydrogen-bond acceptors (Lipinski definition) is 6. The Bertz CT molecular complexity index is 959. The summed E-state index contributed by atoms with van der Waals surface area (Å²) in [6.07, 6.45) is 2.08. The Morgan fingerprint density at radius 3 is 2.48 bits per heavy atom. The summed E-state index contributed by atoms with van der Waals surface area (Å²) in [7, 11) is 0. The molecule has 0 saturated heterocycles. The zero-order chi connectivity index (χ0) is 20.5. The average Bonchev–Trinajstić information content (AvgIpc) is 2.75. The first-order chi connectivity index (χ1) is 14.2. The fraction of sp³-hybridized carbons (Fsp3) is 0.182. The van der Waals surface area contributed by atoms with E-state index in [0.717, 1.165) is 17.7 Å². The lowest BCUT2D eigenvalue weighted by Gasteiger charge is -2.08. The molecular formula is C22H22N4O3. The molecule has 0 bridgehead atoms. The summed E-state index contributed by atoms with van der Waals surface area (Å²) in [6.45, 7) is 2.61. The number of aromatic nitrogens is 2. The highest BCUT2D eigenvalue weighted by atomic mass is 16.5. The zero-order valence-electron chi connectivity index (χ0n) is 16.1. The van der Waals surface area contributed by atoms with E-state index in [1.54, 1.807) is 37.3 Å². The largest absolute Gasteiger partial charge is 0.462 e. The molecule has 0 fully saturated rings. The van der Waals surface area contributed by atoms with E-state index in [-0.39, 0.29) is 17.6 Å². The van der Waals surface area contributed by atoms with Gasteiger partial charge in [0.1, 0.15) is 17.8 Å². The number of carbonyl (C=O) groups excluding carboxylic acids is 2. The Morgan fingerprint density at radius 2 is 1.76 bits per heavy atom. The van der Waals surface area contributed by atoms with E-state index in [0.29, 0.717) is 24.5 Å². The molecule has 3 aromatic rings. The first kappa shape index (κ1) is 20.0. The van der Waals surface area contributed by atoms with Crippen molar-refractivity contribution in [3.8, 4) is 0 Å². The minimum atomic E-state index is -0.365. The van der Waals surface area contributed by atoms with Gasteiger partial charge in [-0.2, -0.15) is 0 Å². The number of anilines is 2. The van der Waals surface area contributed by atoms with Crippen LogP contribution in [0.25, 0.3) is 0 Å². The Kier molecular flexibility index (Phi) is 6.89. The second kappa shape index (κ2) is 9.98. The van der Waals surface area contributed by atoms with Gasteiger partial charge in [-0.05, 0) is 43.2 Å². The van der Waals surface area contributed by atoms with Crippen LogP contribution < -0.4 is 10.6 Å². The number of benzene rings is 2. The molecule has 1 heterocycles. The van der Waals surface area contributed by atoms with E-state index in [4.69, 9.17) is 4.74 Å². The minimum absolute atomic E-state index is 0.260. The summed E-state index contributed by atoms with van der Waals surface area (Å²) in [5, 5.41) is 5.96. The van der Waals surface area contributed by atoms with Crippen molar-refractivity contribution in [2.24, 2.45) is 0 Å². The molecule has 2 aromatic carbocycles. The molecule has 3 rings (SSSR count). The van der Waals surface area contributed by atoms with Crippen LogP contribution in [0.4, 0.5) is 11.5 Å². The van der Waals surface area contributed by atoms with E-state index in [1.807, 2.05) is 30.3 Å². The summed E-state index contributed by atoms with van der Waals surface area (Å²) >= 11 is 0. The van der Waals surface area contributed by atoms with Gasteiger partial charge >= 0.3 is 5.97 Å². The highest BCUT2D eigenvalue weighted by Gasteiger charge is 2.09. The Labute approximate surface area is 169 Å². The van der Waals surface area contributed by atoms with Crippen LogP contribution in [0, 0.1) is 0 Å². The van der Waals surface area contributed by atoms with Gasteiger partial charge in [0.2, 0.25) is 0 Å². The molecule has 7 heteroatoms. The van der Waals surface area contributed by atoms with Crippen molar-refractivity contribution in [1.29, 1.82) is 0 Å². The normalized spacial score (nSPS) is 10.2. The van der Waals surface area contributed by atoms with Gasteiger partial charge in [0, 0.05) is 18.3 Å². The predicted molar refractivity (Wildman–Crippen MR) is 110 cm³/mol. The molecule has 0 radical (unpaired) electrons. The van der Waals surface area contributed by atoms with Crippen molar-refractivity contribution < 1.29 is 14.3 Å². The van der Waals surface area contributed by atoms with E-state index in [1.165, 1.54) is 6.33 Å². The molecule has 148 valence electrons.